The van der Waals surface area contributed by atoms with Crippen LogP contribution in [0.4, 0.5) is 5.69 Å². The van der Waals surface area contributed by atoms with E-state index in [4.69, 9.17) is 0 Å². The number of unbranched alkanes of at least 4 members (excludes halogenated alkanes) is 2. The lowest BCUT2D eigenvalue weighted by molar-refractivity contribution is -0.141. The number of carboxylic acids is 1. The van der Waals surface area contributed by atoms with Gasteiger partial charge in [0.25, 0.3) is 0 Å². The summed E-state index contributed by atoms with van der Waals surface area (Å²) in [5.41, 5.74) is 2.88. The van der Waals surface area contributed by atoms with E-state index in [2.05, 4.69) is 30.9 Å². The van der Waals surface area contributed by atoms with E-state index < -0.39 is 11.4 Å². The Morgan fingerprint density at radius 2 is 1.33 bits per heavy atom. The standard InChI is InChI=1S/C24H33NO2/c1-5-7-17-25(18-8-6-2)22-15-13-21(14-16-22)24(4,23(26)27)20-11-9-19(3)10-12-20/h9-16H,5-8,17-18H2,1-4H3,(H,26,27). The molecule has 0 aliphatic carbocycles. The number of hydrogen-bond acceptors (Lipinski definition) is 2. The molecule has 0 heterocycles. The van der Waals surface area contributed by atoms with Gasteiger partial charge in [0.15, 0.2) is 0 Å². The molecule has 0 radical (unpaired) electrons. The number of hydrogen-bond donors (Lipinski definition) is 1. The van der Waals surface area contributed by atoms with Crippen LogP contribution in [0.15, 0.2) is 48.5 Å². The first-order valence-corrected chi connectivity index (χ1v) is 10.1. The van der Waals surface area contributed by atoms with Gasteiger partial charge >= 0.3 is 5.97 Å². The van der Waals surface area contributed by atoms with Crippen molar-refractivity contribution in [2.24, 2.45) is 0 Å². The second-order valence-electron chi connectivity index (χ2n) is 7.54. The molecule has 0 bridgehead atoms. The van der Waals surface area contributed by atoms with Gasteiger partial charge in [0.2, 0.25) is 0 Å². The average Bonchev–Trinajstić information content (AvgIpc) is 2.68. The Bertz CT molecular complexity index is 713. The van der Waals surface area contributed by atoms with E-state index >= 15 is 0 Å². The minimum absolute atomic E-state index is 0.808. The molecule has 1 N–H and O–H groups in total. The first-order chi connectivity index (χ1) is 12.9. The number of anilines is 1. The van der Waals surface area contributed by atoms with Crippen LogP contribution in [-0.4, -0.2) is 24.2 Å². The second kappa shape index (κ2) is 9.59. The van der Waals surface area contributed by atoms with Crippen molar-refractivity contribution >= 4 is 11.7 Å². The Morgan fingerprint density at radius 3 is 1.74 bits per heavy atom. The number of nitrogens with zero attached hydrogens (tertiary/aromatic N) is 1. The molecular formula is C24H33NO2. The fourth-order valence-electron chi connectivity index (χ4n) is 3.37. The third kappa shape index (κ3) is 4.91. The van der Waals surface area contributed by atoms with Gasteiger partial charge in [0, 0.05) is 18.8 Å². The van der Waals surface area contributed by atoms with E-state index in [-0.39, 0.29) is 0 Å². The minimum Gasteiger partial charge on any atom is -0.480 e. The van der Waals surface area contributed by atoms with Crippen LogP contribution in [0.1, 0.15) is 63.1 Å². The molecule has 1 unspecified atom stereocenters. The Kier molecular flexibility index (Phi) is 7.46. The molecule has 3 heteroatoms. The van der Waals surface area contributed by atoms with Crippen molar-refractivity contribution in [1.82, 2.24) is 0 Å². The predicted molar refractivity (Wildman–Crippen MR) is 114 cm³/mol. The molecule has 2 aromatic carbocycles. The first-order valence-electron chi connectivity index (χ1n) is 10.1. The monoisotopic (exact) mass is 367 g/mol. The highest BCUT2D eigenvalue weighted by atomic mass is 16.4. The van der Waals surface area contributed by atoms with Crippen LogP contribution in [0, 0.1) is 6.92 Å². The van der Waals surface area contributed by atoms with Crippen LogP contribution in [0.3, 0.4) is 0 Å². The molecule has 0 aliphatic heterocycles. The van der Waals surface area contributed by atoms with E-state index in [1.165, 1.54) is 31.4 Å². The van der Waals surface area contributed by atoms with Crippen LogP contribution in [0.5, 0.6) is 0 Å². The molecule has 0 aliphatic rings. The van der Waals surface area contributed by atoms with Gasteiger partial charge < -0.3 is 10.0 Å². The molecule has 1 atom stereocenters. The summed E-state index contributed by atoms with van der Waals surface area (Å²) in [6.45, 7) is 10.3. The molecule has 2 aromatic rings. The van der Waals surface area contributed by atoms with E-state index in [9.17, 15) is 9.90 Å². The average molecular weight is 368 g/mol. The number of carboxylic acid groups (broad SMARTS) is 1. The maximum absolute atomic E-state index is 12.2. The van der Waals surface area contributed by atoms with Crippen LogP contribution in [0.25, 0.3) is 0 Å². The van der Waals surface area contributed by atoms with Crippen LogP contribution < -0.4 is 4.90 Å². The number of aryl methyl sites for hydroxylation is 1. The lowest BCUT2D eigenvalue weighted by atomic mass is 9.76. The SMILES string of the molecule is CCCCN(CCCC)c1ccc(C(C)(C(=O)O)c2ccc(C)cc2)cc1. The highest BCUT2D eigenvalue weighted by Crippen LogP contribution is 2.34. The van der Waals surface area contributed by atoms with E-state index in [0.717, 1.165) is 29.8 Å². The lowest BCUT2D eigenvalue weighted by Crippen LogP contribution is -2.34. The molecule has 0 spiro atoms. The zero-order valence-electron chi connectivity index (χ0n) is 17.2. The fourth-order valence-corrected chi connectivity index (χ4v) is 3.37. The van der Waals surface area contributed by atoms with Gasteiger partial charge in [-0.3, -0.25) is 4.79 Å². The molecular weight excluding hydrogens is 334 g/mol. The fraction of sp³-hybridized carbons (Fsp3) is 0.458. The summed E-state index contributed by atoms with van der Waals surface area (Å²) < 4.78 is 0. The third-order valence-electron chi connectivity index (χ3n) is 5.43. The third-order valence-corrected chi connectivity index (χ3v) is 5.43. The summed E-state index contributed by atoms with van der Waals surface area (Å²) in [6.07, 6.45) is 4.68. The molecule has 146 valence electrons. The zero-order chi connectivity index (χ0) is 19.9. The Balaban J connectivity index is 2.33. The maximum Gasteiger partial charge on any atom is 0.318 e. The maximum atomic E-state index is 12.2. The van der Waals surface area contributed by atoms with Crippen molar-refractivity contribution < 1.29 is 9.90 Å². The molecule has 0 fully saturated rings. The van der Waals surface area contributed by atoms with Gasteiger partial charge in [-0.2, -0.15) is 0 Å². The highest BCUT2D eigenvalue weighted by molar-refractivity contribution is 5.85. The van der Waals surface area contributed by atoms with Crippen LogP contribution in [-0.2, 0) is 10.2 Å². The van der Waals surface area contributed by atoms with Crippen molar-refractivity contribution in [3.8, 4) is 0 Å². The Hall–Kier alpha value is -2.29. The molecule has 0 saturated heterocycles. The zero-order valence-corrected chi connectivity index (χ0v) is 17.2. The summed E-state index contributed by atoms with van der Waals surface area (Å²) in [7, 11) is 0. The van der Waals surface area contributed by atoms with Crippen LogP contribution in [0.2, 0.25) is 0 Å². The Morgan fingerprint density at radius 1 is 0.889 bits per heavy atom. The molecule has 3 nitrogen and oxygen atoms in total. The summed E-state index contributed by atoms with van der Waals surface area (Å²) in [4.78, 5) is 14.6. The van der Waals surface area contributed by atoms with Crippen molar-refractivity contribution in [3.05, 3.63) is 65.2 Å². The number of rotatable bonds is 10. The molecule has 2 rings (SSSR count). The van der Waals surface area contributed by atoms with Gasteiger partial charge in [-0.15, -0.1) is 0 Å². The minimum atomic E-state index is -1.05. The van der Waals surface area contributed by atoms with Gasteiger partial charge in [0.1, 0.15) is 5.41 Å². The Labute approximate surface area is 164 Å². The second-order valence-corrected chi connectivity index (χ2v) is 7.54. The normalized spacial score (nSPS) is 13.2. The van der Waals surface area contributed by atoms with Gasteiger partial charge in [-0.05, 0) is 49.9 Å². The van der Waals surface area contributed by atoms with Gasteiger partial charge in [-0.25, -0.2) is 0 Å². The lowest BCUT2D eigenvalue weighted by Gasteiger charge is -2.28. The first kappa shape index (κ1) is 21.0. The largest absolute Gasteiger partial charge is 0.480 e. The molecule has 0 amide bonds. The molecule has 27 heavy (non-hydrogen) atoms. The predicted octanol–water partition coefficient (Wildman–Crippen LogP) is 5.79. The summed E-state index contributed by atoms with van der Waals surface area (Å²) in [5.74, 6) is -0.826. The number of aliphatic carboxylic acids is 1. The van der Waals surface area contributed by atoms with E-state index in [1.54, 1.807) is 6.92 Å². The van der Waals surface area contributed by atoms with Crippen molar-refractivity contribution in [2.75, 3.05) is 18.0 Å². The smallest absolute Gasteiger partial charge is 0.318 e. The highest BCUT2D eigenvalue weighted by Gasteiger charge is 2.37. The van der Waals surface area contributed by atoms with E-state index in [0.29, 0.717) is 0 Å². The van der Waals surface area contributed by atoms with E-state index in [1.807, 2.05) is 43.3 Å². The van der Waals surface area contributed by atoms with Crippen molar-refractivity contribution in [2.45, 2.75) is 58.8 Å². The summed E-state index contributed by atoms with van der Waals surface area (Å²) in [5, 5.41) is 10.0. The molecule has 0 saturated carbocycles. The number of benzene rings is 2. The quantitative estimate of drug-likeness (QED) is 0.577. The summed E-state index contributed by atoms with van der Waals surface area (Å²) >= 11 is 0. The number of carbonyl (C=O) groups is 1. The van der Waals surface area contributed by atoms with Gasteiger partial charge in [0.05, 0.1) is 0 Å². The summed E-state index contributed by atoms with van der Waals surface area (Å²) in [6, 6.07) is 15.9. The van der Waals surface area contributed by atoms with Crippen molar-refractivity contribution in [1.29, 1.82) is 0 Å². The molecule has 0 aromatic heterocycles. The van der Waals surface area contributed by atoms with Gasteiger partial charge in [-0.1, -0.05) is 68.7 Å². The van der Waals surface area contributed by atoms with Crippen molar-refractivity contribution in [3.63, 3.8) is 0 Å². The topological polar surface area (TPSA) is 40.5 Å². The van der Waals surface area contributed by atoms with Crippen LogP contribution >= 0.6 is 0 Å².